The molecule has 0 spiro atoms. The number of hydrogen-bond acceptors (Lipinski definition) is 1. The summed E-state index contributed by atoms with van der Waals surface area (Å²) in [6.45, 7) is 0. The Bertz CT molecular complexity index is 3490. The zero-order valence-electron chi connectivity index (χ0n) is 30.9. The second-order valence-corrected chi connectivity index (χ2v) is 16.0. The van der Waals surface area contributed by atoms with Gasteiger partial charge in [-0.15, -0.1) is 11.3 Å². The van der Waals surface area contributed by atoms with Crippen LogP contribution in [0.1, 0.15) is 0 Å². The van der Waals surface area contributed by atoms with Crippen molar-refractivity contribution in [3.63, 3.8) is 0 Å². The van der Waals surface area contributed by atoms with E-state index in [2.05, 4.69) is 215 Å². The smallest absolute Gasteiger partial charge is 0.0547 e. The molecule has 0 aliphatic carbocycles. The van der Waals surface area contributed by atoms with Crippen molar-refractivity contribution in [3.8, 4) is 44.8 Å². The number of rotatable bonds is 5. The summed E-state index contributed by atoms with van der Waals surface area (Å²) in [5.74, 6) is 0. The molecule has 0 N–H and O–H groups in total. The van der Waals surface area contributed by atoms with Gasteiger partial charge in [0.15, 0.2) is 0 Å². The number of para-hydroxylation sites is 2. The zero-order valence-corrected chi connectivity index (χ0v) is 31.7. The summed E-state index contributed by atoms with van der Waals surface area (Å²) >= 11 is 1.87. The lowest BCUT2D eigenvalue weighted by Crippen LogP contribution is -1.94. The van der Waals surface area contributed by atoms with Crippen molar-refractivity contribution in [2.45, 2.75) is 0 Å². The summed E-state index contributed by atoms with van der Waals surface area (Å²) in [6.07, 6.45) is 0. The highest BCUT2D eigenvalue weighted by Crippen LogP contribution is 2.40. The van der Waals surface area contributed by atoms with E-state index in [9.17, 15) is 0 Å². The molecular weight excluding hydrogens is 709 g/mol. The van der Waals surface area contributed by atoms with Gasteiger partial charge in [-0.25, -0.2) is 0 Å². The second kappa shape index (κ2) is 12.7. The van der Waals surface area contributed by atoms with E-state index in [0.29, 0.717) is 0 Å². The van der Waals surface area contributed by atoms with Gasteiger partial charge in [-0.2, -0.15) is 0 Å². The molecule has 57 heavy (non-hydrogen) atoms. The maximum atomic E-state index is 2.41. The van der Waals surface area contributed by atoms with Gasteiger partial charge in [-0.1, -0.05) is 140 Å². The molecule has 2 nitrogen and oxygen atoms in total. The second-order valence-electron chi connectivity index (χ2n) is 14.9. The lowest BCUT2D eigenvalue weighted by atomic mass is 10.0. The summed E-state index contributed by atoms with van der Waals surface area (Å²) in [5, 5.41) is 7.68. The standard InChI is InChI=1S/C54H34N2S/c1-2-10-35(11-3-1)36-18-25-42(26-19-36)56-49-15-7-4-12-43(49)45-29-22-39(33-52(45)56)38-24-31-51-48(32-38)44-13-5-8-16-50(44)55(51)41-27-20-37(21-28-41)40-23-30-47-46-14-6-9-17-53(46)57-54(47)34-40/h1-34H. The fraction of sp³-hybridized carbons (Fsp3) is 0. The Hall–Kier alpha value is -7.20. The predicted molar refractivity (Wildman–Crippen MR) is 244 cm³/mol. The van der Waals surface area contributed by atoms with Crippen LogP contribution in [0.15, 0.2) is 206 Å². The Morgan fingerprint density at radius 1 is 0.246 bits per heavy atom. The number of hydrogen-bond donors (Lipinski definition) is 0. The number of thiophene rings is 1. The third kappa shape index (κ3) is 5.10. The summed E-state index contributed by atoms with van der Waals surface area (Å²) < 4.78 is 7.49. The molecule has 266 valence electrons. The first kappa shape index (κ1) is 32.1. The van der Waals surface area contributed by atoms with Crippen LogP contribution in [-0.4, -0.2) is 9.13 Å². The summed E-state index contributed by atoms with van der Waals surface area (Å²) in [5.41, 5.74) is 14.4. The molecule has 0 aliphatic heterocycles. The molecule has 0 unspecified atom stereocenters. The van der Waals surface area contributed by atoms with Crippen molar-refractivity contribution in [1.82, 2.24) is 9.13 Å². The van der Waals surface area contributed by atoms with E-state index in [1.807, 2.05) is 11.3 Å². The molecule has 3 aromatic heterocycles. The topological polar surface area (TPSA) is 9.86 Å². The first-order valence-electron chi connectivity index (χ1n) is 19.5. The number of benzene rings is 9. The van der Waals surface area contributed by atoms with E-state index in [1.165, 1.54) is 97.2 Å². The van der Waals surface area contributed by atoms with E-state index >= 15 is 0 Å². The van der Waals surface area contributed by atoms with Crippen LogP contribution in [0.4, 0.5) is 0 Å². The largest absolute Gasteiger partial charge is 0.309 e. The SMILES string of the molecule is c1ccc(-c2ccc(-n3c4ccccc4c4ccc(-c5ccc6c(c5)c5ccccc5n6-c5ccc(-c6ccc7c(c6)sc6ccccc67)cc5)cc43)cc2)cc1. The van der Waals surface area contributed by atoms with Gasteiger partial charge in [0, 0.05) is 53.1 Å². The molecule has 0 saturated heterocycles. The van der Waals surface area contributed by atoms with Crippen molar-refractivity contribution >= 4 is 75.1 Å². The molecule has 9 aromatic carbocycles. The fourth-order valence-electron chi connectivity index (χ4n) is 9.00. The average Bonchev–Trinajstić information content (AvgIpc) is 3.94. The van der Waals surface area contributed by atoms with Crippen LogP contribution in [0.3, 0.4) is 0 Å². The van der Waals surface area contributed by atoms with E-state index < -0.39 is 0 Å². The quantitative estimate of drug-likeness (QED) is 0.166. The normalized spacial score (nSPS) is 11.9. The van der Waals surface area contributed by atoms with Gasteiger partial charge in [-0.05, 0) is 100 Å². The predicted octanol–water partition coefficient (Wildman–Crippen LogP) is 15.2. The van der Waals surface area contributed by atoms with Crippen LogP contribution >= 0.6 is 11.3 Å². The van der Waals surface area contributed by atoms with Crippen LogP contribution in [0.2, 0.25) is 0 Å². The van der Waals surface area contributed by atoms with Crippen molar-refractivity contribution in [3.05, 3.63) is 206 Å². The van der Waals surface area contributed by atoms with Crippen molar-refractivity contribution in [2.75, 3.05) is 0 Å². The van der Waals surface area contributed by atoms with Crippen LogP contribution in [0.5, 0.6) is 0 Å². The van der Waals surface area contributed by atoms with Gasteiger partial charge in [0.1, 0.15) is 0 Å². The Labute approximate surface area is 333 Å². The Morgan fingerprint density at radius 3 is 1.40 bits per heavy atom. The summed E-state index contributed by atoms with van der Waals surface area (Å²) in [7, 11) is 0. The maximum absolute atomic E-state index is 2.41. The van der Waals surface area contributed by atoms with E-state index in [4.69, 9.17) is 0 Å². The van der Waals surface area contributed by atoms with Gasteiger partial charge in [0.25, 0.3) is 0 Å². The zero-order chi connectivity index (χ0) is 37.5. The first-order valence-corrected chi connectivity index (χ1v) is 20.3. The van der Waals surface area contributed by atoms with E-state index in [1.54, 1.807) is 0 Å². The molecule has 0 aliphatic rings. The minimum Gasteiger partial charge on any atom is -0.309 e. The molecule has 0 atom stereocenters. The highest BCUT2D eigenvalue weighted by atomic mass is 32.1. The molecule has 0 radical (unpaired) electrons. The summed E-state index contributed by atoms with van der Waals surface area (Å²) in [6, 6.07) is 75.7. The van der Waals surface area contributed by atoms with Gasteiger partial charge in [-0.3, -0.25) is 0 Å². The third-order valence-corrected chi connectivity index (χ3v) is 12.9. The maximum Gasteiger partial charge on any atom is 0.0547 e. The van der Waals surface area contributed by atoms with Gasteiger partial charge in [0.2, 0.25) is 0 Å². The van der Waals surface area contributed by atoms with Crippen molar-refractivity contribution in [1.29, 1.82) is 0 Å². The molecule has 3 heteroatoms. The van der Waals surface area contributed by atoms with Crippen LogP contribution in [0, 0.1) is 0 Å². The van der Waals surface area contributed by atoms with Gasteiger partial charge < -0.3 is 9.13 Å². The molecule has 3 heterocycles. The monoisotopic (exact) mass is 742 g/mol. The Kier molecular flexibility index (Phi) is 7.13. The van der Waals surface area contributed by atoms with E-state index in [-0.39, 0.29) is 0 Å². The molecule has 0 amide bonds. The molecule has 0 saturated carbocycles. The minimum atomic E-state index is 1.16. The van der Waals surface area contributed by atoms with Gasteiger partial charge >= 0.3 is 0 Å². The van der Waals surface area contributed by atoms with Crippen LogP contribution in [-0.2, 0) is 0 Å². The van der Waals surface area contributed by atoms with Crippen LogP contribution in [0.25, 0.3) is 109 Å². The Morgan fingerprint density at radius 2 is 0.684 bits per heavy atom. The van der Waals surface area contributed by atoms with E-state index in [0.717, 1.165) is 11.4 Å². The van der Waals surface area contributed by atoms with Crippen molar-refractivity contribution < 1.29 is 0 Å². The fourth-order valence-corrected chi connectivity index (χ4v) is 10.1. The van der Waals surface area contributed by atoms with Crippen molar-refractivity contribution in [2.24, 2.45) is 0 Å². The lowest BCUT2D eigenvalue weighted by Gasteiger charge is -2.11. The third-order valence-electron chi connectivity index (χ3n) is 11.7. The Balaban J connectivity index is 0.948. The molecule has 12 aromatic rings. The highest BCUT2D eigenvalue weighted by molar-refractivity contribution is 7.25. The van der Waals surface area contributed by atoms with Gasteiger partial charge in [0.05, 0.1) is 22.1 Å². The molecule has 0 fully saturated rings. The molecule has 12 rings (SSSR count). The number of fused-ring (bicyclic) bond motifs is 9. The molecular formula is C54H34N2S. The van der Waals surface area contributed by atoms with Crippen LogP contribution < -0.4 is 0 Å². The summed E-state index contributed by atoms with van der Waals surface area (Å²) in [4.78, 5) is 0. The minimum absolute atomic E-state index is 1.16. The molecule has 0 bridgehead atoms. The highest BCUT2D eigenvalue weighted by Gasteiger charge is 2.17. The lowest BCUT2D eigenvalue weighted by molar-refractivity contribution is 1.18. The average molecular weight is 743 g/mol. The number of aromatic nitrogens is 2. The first-order chi connectivity index (χ1) is 28.2. The number of nitrogens with zero attached hydrogens (tertiary/aromatic N) is 2.